The number of nitrogens with zero attached hydrogens (tertiary/aromatic N) is 1. The van der Waals surface area contributed by atoms with Gasteiger partial charge in [0.15, 0.2) is 6.10 Å². The molecule has 0 heterocycles. The first kappa shape index (κ1) is 61.2. The molecular weight excluding hydrogens is 815 g/mol. The van der Waals surface area contributed by atoms with Crippen LogP contribution >= 0.6 is 0 Å². The lowest BCUT2D eigenvalue weighted by molar-refractivity contribution is -0.870. The van der Waals surface area contributed by atoms with E-state index in [9.17, 15) is 19.5 Å². The van der Waals surface area contributed by atoms with Crippen LogP contribution in [0.5, 0.6) is 0 Å². The Morgan fingerprint density at radius 2 is 0.831 bits per heavy atom. The molecule has 0 spiro atoms. The van der Waals surface area contributed by atoms with Crippen molar-refractivity contribution in [3.63, 3.8) is 0 Å². The van der Waals surface area contributed by atoms with E-state index in [0.717, 1.165) is 83.5 Å². The van der Waals surface area contributed by atoms with Gasteiger partial charge in [0.1, 0.15) is 13.2 Å². The van der Waals surface area contributed by atoms with Crippen LogP contribution in [0.15, 0.2) is 97.2 Å². The number of quaternary nitrogens is 1. The zero-order valence-electron chi connectivity index (χ0n) is 41.9. The highest BCUT2D eigenvalue weighted by Crippen LogP contribution is 2.14. The van der Waals surface area contributed by atoms with Gasteiger partial charge in [-0.05, 0) is 89.9 Å². The minimum atomic E-state index is -1.52. The molecule has 0 aliphatic heterocycles. The minimum absolute atomic E-state index is 0.176. The van der Waals surface area contributed by atoms with Gasteiger partial charge in [0.25, 0.3) is 6.29 Å². The van der Waals surface area contributed by atoms with E-state index in [4.69, 9.17) is 18.9 Å². The highest BCUT2D eigenvalue weighted by molar-refractivity contribution is 5.71. The van der Waals surface area contributed by atoms with Crippen molar-refractivity contribution in [3.8, 4) is 0 Å². The number of aliphatic carboxylic acids is 1. The van der Waals surface area contributed by atoms with Crippen molar-refractivity contribution in [3.05, 3.63) is 97.2 Å². The molecule has 0 bridgehead atoms. The molecule has 9 heteroatoms. The van der Waals surface area contributed by atoms with Crippen LogP contribution in [0.25, 0.3) is 0 Å². The summed E-state index contributed by atoms with van der Waals surface area (Å²) in [6.07, 6.45) is 59.1. The van der Waals surface area contributed by atoms with Gasteiger partial charge in [-0.2, -0.15) is 0 Å². The molecule has 0 aromatic heterocycles. The van der Waals surface area contributed by atoms with Crippen LogP contribution in [0.2, 0.25) is 0 Å². The van der Waals surface area contributed by atoms with Crippen LogP contribution in [0.1, 0.15) is 181 Å². The van der Waals surface area contributed by atoms with E-state index < -0.39 is 30.3 Å². The Kier molecular flexibility index (Phi) is 44.0. The molecule has 0 fully saturated rings. The van der Waals surface area contributed by atoms with Crippen LogP contribution in [-0.4, -0.2) is 87.4 Å². The normalized spacial score (nSPS) is 13.7. The summed E-state index contributed by atoms with van der Waals surface area (Å²) in [6.45, 7) is 4.58. The number of hydrogen-bond acceptors (Lipinski definition) is 7. The predicted molar refractivity (Wildman–Crippen MR) is 272 cm³/mol. The van der Waals surface area contributed by atoms with Crippen molar-refractivity contribution in [2.75, 3.05) is 47.5 Å². The molecule has 0 aliphatic rings. The summed E-state index contributed by atoms with van der Waals surface area (Å²) >= 11 is 0. The average molecular weight is 909 g/mol. The molecule has 0 saturated heterocycles. The van der Waals surface area contributed by atoms with Crippen molar-refractivity contribution in [2.24, 2.45) is 0 Å². The zero-order chi connectivity index (χ0) is 47.7. The second-order valence-corrected chi connectivity index (χ2v) is 17.7. The molecule has 0 aromatic rings. The molecule has 9 nitrogen and oxygen atoms in total. The van der Waals surface area contributed by atoms with E-state index in [2.05, 4.69) is 111 Å². The molecule has 0 radical (unpaired) electrons. The zero-order valence-corrected chi connectivity index (χ0v) is 41.9. The Labute approximate surface area is 397 Å². The van der Waals surface area contributed by atoms with Gasteiger partial charge in [0.2, 0.25) is 0 Å². The number of unbranched alkanes of at least 4 members (excludes halogenated alkanes) is 14. The van der Waals surface area contributed by atoms with Crippen molar-refractivity contribution < 1.29 is 42.9 Å². The smallest absolute Gasteiger partial charge is 0.361 e. The maximum absolute atomic E-state index is 12.8. The number of ether oxygens (including phenoxy) is 4. The summed E-state index contributed by atoms with van der Waals surface area (Å²) in [5, 5.41) is 9.66. The number of carbonyl (C=O) groups excluding carboxylic acids is 2. The van der Waals surface area contributed by atoms with Gasteiger partial charge in [-0.1, -0.05) is 175 Å². The number of carbonyl (C=O) groups is 3. The molecular formula is C56H94NO8+. The number of rotatable bonds is 45. The van der Waals surface area contributed by atoms with Gasteiger partial charge in [-0.15, -0.1) is 0 Å². The van der Waals surface area contributed by atoms with Gasteiger partial charge in [0, 0.05) is 12.8 Å². The van der Waals surface area contributed by atoms with E-state index in [-0.39, 0.29) is 32.7 Å². The topological polar surface area (TPSA) is 108 Å². The summed E-state index contributed by atoms with van der Waals surface area (Å²) < 4.78 is 22.7. The summed E-state index contributed by atoms with van der Waals surface area (Å²) in [5.74, 6) is -2.08. The molecule has 2 unspecified atom stereocenters. The number of esters is 2. The Balaban J connectivity index is 4.36. The number of allylic oxidation sites excluding steroid dienone is 16. The third-order valence-electron chi connectivity index (χ3n) is 10.3. The Hall–Kier alpha value is -3.79. The highest BCUT2D eigenvalue weighted by Gasteiger charge is 2.25. The van der Waals surface area contributed by atoms with Gasteiger partial charge in [0.05, 0.1) is 34.4 Å². The predicted octanol–water partition coefficient (Wildman–Crippen LogP) is 14.2. The molecule has 0 aromatic carbocycles. The van der Waals surface area contributed by atoms with Gasteiger partial charge < -0.3 is 28.5 Å². The third kappa shape index (κ3) is 48.0. The quantitative estimate of drug-likeness (QED) is 0.0212. The minimum Gasteiger partial charge on any atom is -0.477 e. The third-order valence-corrected chi connectivity index (χ3v) is 10.3. The Bertz CT molecular complexity index is 1380. The molecule has 1 N–H and O–H groups in total. The van der Waals surface area contributed by atoms with E-state index in [1.807, 2.05) is 21.1 Å². The second kappa shape index (κ2) is 46.7. The van der Waals surface area contributed by atoms with Crippen molar-refractivity contribution >= 4 is 17.9 Å². The monoisotopic (exact) mass is 909 g/mol. The van der Waals surface area contributed by atoms with E-state index >= 15 is 0 Å². The SMILES string of the molecule is CC/C=C\C/C=C\C/C=C\C/C=C\CCCCCCCCCCCCCCC(=O)OC(COC(=O)CCCC/C=C\C/C=C\C/C=C\C/C=C\CC)COC(OCC[N+](C)(C)C)C(=O)O. The van der Waals surface area contributed by atoms with Crippen molar-refractivity contribution in [1.82, 2.24) is 0 Å². The summed E-state index contributed by atoms with van der Waals surface area (Å²) in [7, 11) is 5.94. The molecule has 2 atom stereocenters. The lowest BCUT2D eigenvalue weighted by Crippen LogP contribution is -2.40. The first-order valence-electron chi connectivity index (χ1n) is 25.4. The van der Waals surface area contributed by atoms with E-state index in [1.165, 1.54) is 57.8 Å². The summed E-state index contributed by atoms with van der Waals surface area (Å²) in [4.78, 5) is 37.2. The van der Waals surface area contributed by atoms with Gasteiger partial charge >= 0.3 is 17.9 Å². The van der Waals surface area contributed by atoms with Crippen LogP contribution in [0, 0.1) is 0 Å². The van der Waals surface area contributed by atoms with E-state index in [0.29, 0.717) is 23.9 Å². The maximum atomic E-state index is 12.8. The second-order valence-electron chi connectivity index (χ2n) is 17.7. The molecule has 0 saturated carbocycles. The molecule has 0 rings (SSSR count). The first-order valence-corrected chi connectivity index (χ1v) is 25.4. The van der Waals surface area contributed by atoms with Crippen LogP contribution in [0.4, 0.5) is 0 Å². The van der Waals surface area contributed by atoms with Gasteiger partial charge in [-0.3, -0.25) is 9.59 Å². The first-order chi connectivity index (χ1) is 31.6. The van der Waals surface area contributed by atoms with Crippen molar-refractivity contribution in [1.29, 1.82) is 0 Å². The highest BCUT2D eigenvalue weighted by atomic mass is 16.7. The van der Waals surface area contributed by atoms with Crippen LogP contribution in [-0.2, 0) is 33.3 Å². The van der Waals surface area contributed by atoms with E-state index in [1.54, 1.807) is 0 Å². The van der Waals surface area contributed by atoms with Crippen molar-refractivity contribution in [2.45, 2.75) is 193 Å². The number of carboxylic acids is 1. The fourth-order valence-electron chi connectivity index (χ4n) is 6.46. The lowest BCUT2D eigenvalue weighted by Gasteiger charge is -2.25. The standard InChI is InChI=1S/C56H93NO8/c1-6-8-10-12-14-16-18-20-22-23-24-25-26-27-28-29-30-31-33-35-37-39-41-43-45-47-54(59)65-52(51-64-56(55(60)61)62-49-48-57(3,4)5)50-63-53(58)46-44-42-40-38-36-34-32-21-19-17-15-13-11-9-7-2/h8-11,14-17,20-22,24-25,32,36,38,52,56H,6-7,12-13,18-19,23,26-31,33-35,37,39-51H2,1-5H3/p+1/b10-8-,11-9-,16-14-,17-15-,22-20-,25-24-,32-21-,38-36-. The molecule has 370 valence electrons. The lowest BCUT2D eigenvalue weighted by atomic mass is 10.0. The maximum Gasteiger partial charge on any atom is 0.361 e. The summed E-state index contributed by atoms with van der Waals surface area (Å²) in [5.41, 5.74) is 0. The number of carboxylic acid groups (broad SMARTS) is 1. The van der Waals surface area contributed by atoms with Crippen LogP contribution in [0.3, 0.4) is 0 Å². The summed E-state index contributed by atoms with van der Waals surface area (Å²) in [6, 6.07) is 0. The Morgan fingerprint density at radius 3 is 1.26 bits per heavy atom. The number of hydrogen-bond donors (Lipinski definition) is 1. The van der Waals surface area contributed by atoms with Crippen LogP contribution < -0.4 is 0 Å². The fraction of sp³-hybridized carbons (Fsp3) is 0.661. The number of likely N-dealkylation sites (N-methyl/N-ethyl adjacent to an activating group) is 1. The largest absolute Gasteiger partial charge is 0.477 e. The molecule has 0 amide bonds. The molecule has 0 aliphatic carbocycles. The Morgan fingerprint density at radius 1 is 0.462 bits per heavy atom. The average Bonchev–Trinajstić information content (AvgIpc) is 3.27. The fourth-order valence-corrected chi connectivity index (χ4v) is 6.46. The molecule has 65 heavy (non-hydrogen) atoms. The van der Waals surface area contributed by atoms with Gasteiger partial charge in [-0.25, -0.2) is 4.79 Å².